The summed E-state index contributed by atoms with van der Waals surface area (Å²) < 4.78 is 8.54. The van der Waals surface area contributed by atoms with Crippen LogP contribution in [0.25, 0.3) is 0 Å². The second kappa shape index (κ2) is 7.69. The number of piperidine rings is 1. The molecule has 146 valence electrons. The van der Waals surface area contributed by atoms with Crippen molar-refractivity contribution < 1.29 is 9.53 Å². The van der Waals surface area contributed by atoms with Crippen LogP contribution in [0.3, 0.4) is 0 Å². The van der Waals surface area contributed by atoms with E-state index in [1.54, 1.807) is 11.3 Å². The average Bonchev–Trinajstić information content (AvgIpc) is 3.33. The van der Waals surface area contributed by atoms with Crippen LogP contribution in [0.15, 0.2) is 24.0 Å². The Labute approximate surface area is 163 Å². The van der Waals surface area contributed by atoms with Gasteiger partial charge in [0.2, 0.25) is 0 Å². The number of amides is 1. The van der Waals surface area contributed by atoms with E-state index in [0.29, 0.717) is 19.0 Å². The van der Waals surface area contributed by atoms with Crippen molar-refractivity contribution in [2.24, 2.45) is 5.92 Å². The monoisotopic (exact) mass is 389 g/mol. The van der Waals surface area contributed by atoms with Crippen LogP contribution >= 0.6 is 11.3 Å². The second-order valence-electron chi connectivity index (χ2n) is 7.84. The van der Waals surface area contributed by atoms with E-state index in [4.69, 9.17) is 4.74 Å². The molecule has 1 N–H and O–H groups in total. The van der Waals surface area contributed by atoms with Gasteiger partial charge in [0.1, 0.15) is 16.4 Å². The number of nitrogens with zero attached hydrogens (tertiary/aromatic N) is 4. The van der Waals surface area contributed by atoms with Crippen LogP contribution in [0.1, 0.15) is 37.5 Å². The van der Waals surface area contributed by atoms with E-state index in [1.807, 2.05) is 24.0 Å². The molecule has 0 unspecified atom stereocenters. The van der Waals surface area contributed by atoms with Gasteiger partial charge in [0.25, 0.3) is 5.91 Å². The first-order chi connectivity index (χ1) is 13.1. The van der Waals surface area contributed by atoms with Gasteiger partial charge in [-0.05, 0) is 18.8 Å². The van der Waals surface area contributed by atoms with Crippen molar-refractivity contribution in [3.05, 3.63) is 34.8 Å². The largest absolute Gasteiger partial charge is 0.354 e. The highest BCUT2D eigenvalue weighted by Gasteiger charge is 2.47. The highest BCUT2D eigenvalue weighted by molar-refractivity contribution is 7.09. The summed E-state index contributed by atoms with van der Waals surface area (Å²) in [5, 5.41) is 6.18. The predicted molar refractivity (Wildman–Crippen MR) is 103 cm³/mol. The predicted octanol–water partition coefficient (Wildman–Crippen LogP) is 2.00. The zero-order valence-electron chi connectivity index (χ0n) is 15.9. The fourth-order valence-electron chi connectivity index (χ4n) is 3.89. The third-order valence-corrected chi connectivity index (χ3v) is 6.10. The quantitative estimate of drug-likeness (QED) is 0.847. The lowest BCUT2D eigenvalue weighted by Crippen LogP contribution is -2.54. The van der Waals surface area contributed by atoms with Crippen LogP contribution in [-0.4, -0.2) is 51.1 Å². The number of hydrogen-bond donors (Lipinski definition) is 1. The van der Waals surface area contributed by atoms with Gasteiger partial charge < -0.3 is 14.6 Å². The van der Waals surface area contributed by atoms with Gasteiger partial charge in [-0.3, -0.25) is 9.69 Å². The number of thiazole rings is 1. The molecule has 1 fully saturated rings. The Morgan fingerprint density at radius 3 is 2.89 bits per heavy atom. The molecule has 1 spiro atoms. The fourth-order valence-corrected chi connectivity index (χ4v) is 4.55. The average molecular weight is 390 g/mol. The number of carbonyl (C=O) groups excluding carboxylic acids is 1. The third kappa shape index (κ3) is 3.93. The summed E-state index contributed by atoms with van der Waals surface area (Å²) in [5.41, 5.74) is -0.471. The van der Waals surface area contributed by atoms with Gasteiger partial charge in [0.05, 0.1) is 13.1 Å². The van der Waals surface area contributed by atoms with E-state index in [1.165, 1.54) is 0 Å². The zero-order chi connectivity index (χ0) is 18.9. The fraction of sp³-hybridized carbons (Fsp3) is 0.632. The molecule has 4 heterocycles. The van der Waals surface area contributed by atoms with Gasteiger partial charge in [0, 0.05) is 43.6 Å². The van der Waals surface area contributed by atoms with Crippen LogP contribution in [-0.2, 0) is 28.2 Å². The number of likely N-dealkylation sites (tertiary alicyclic amines) is 1. The summed E-state index contributed by atoms with van der Waals surface area (Å²) in [7, 11) is 0. The summed E-state index contributed by atoms with van der Waals surface area (Å²) in [5.74, 6) is 1.36. The molecule has 2 aromatic heterocycles. The molecule has 27 heavy (non-hydrogen) atoms. The van der Waals surface area contributed by atoms with Gasteiger partial charge in [-0.15, -0.1) is 11.3 Å². The minimum atomic E-state index is -0.471. The molecule has 1 amide bonds. The number of carbonyl (C=O) groups is 1. The first-order valence-corrected chi connectivity index (χ1v) is 10.5. The summed E-state index contributed by atoms with van der Waals surface area (Å²) in [6.45, 7) is 8.08. The summed E-state index contributed by atoms with van der Waals surface area (Å²) in [6, 6.07) is 0. The maximum atomic E-state index is 12.6. The standard InChI is InChI=1S/C19H27N5O2S/c1-14(2)11-22-17(25)15-12-24-9-5-21-18(24)19(26-15)3-7-23(8-4-19)13-16-20-6-10-27-16/h5-6,9-10,14-15H,3-4,7-8,11-13H2,1-2H3,(H,22,25)/t15-/m0/s1. The number of aromatic nitrogens is 3. The van der Waals surface area contributed by atoms with Crippen molar-refractivity contribution in [2.45, 2.75) is 51.5 Å². The maximum absolute atomic E-state index is 12.6. The highest BCUT2D eigenvalue weighted by Crippen LogP contribution is 2.40. The molecule has 2 aliphatic rings. The number of rotatable bonds is 5. The Kier molecular flexibility index (Phi) is 5.29. The zero-order valence-corrected chi connectivity index (χ0v) is 16.7. The molecule has 7 nitrogen and oxygen atoms in total. The van der Waals surface area contributed by atoms with E-state index in [0.717, 1.165) is 43.3 Å². The van der Waals surface area contributed by atoms with Crippen molar-refractivity contribution in [2.75, 3.05) is 19.6 Å². The summed E-state index contributed by atoms with van der Waals surface area (Å²) in [4.78, 5) is 24.0. The van der Waals surface area contributed by atoms with Crippen LogP contribution in [0.5, 0.6) is 0 Å². The topological polar surface area (TPSA) is 72.3 Å². The minimum Gasteiger partial charge on any atom is -0.354 e. The lowest BCUT2D eigenvalue weighted by atomic mass is 9.88. The first kappa shape index (κ1) is 18.6. The van der Waals surface area contributed by atoms with Crippen molar-refractivity contribution in [3.63, 3.8) is 0 Å². The van der Waals surface area contributed by atoms with E-state index in [2.05, 4.69) is 38.6 Å². The molecule has 0 aromatic carbocycles. The van der Waals surface area contributed by atoms with Crippen molar-refractivity contribution >= 4 is 17.2 Å². The lowest BCUT2D eigenvalue weighted by molar-refractivity contribution is -0.174. The number of fused-ring (bicyclic) bond motifs is 2. The van der Waals surface area contributed by atoms with Crippen LogP contribution in [0.4, 0.5) is 0 Å². The Hall–Kier alpha value is -1.77. The SMILES string of the molecule is CC(C)CNC(=O)[C@@H]1Cn2ccnc2C2(CCN(Cc3nccs3)CC2)O1. The normalized spacial score (nSPS) is 22.1. The Morgan fingerprint density at radius 1 is 1.37 bits per heavy atom. The molecule has 0 saturated carbocycles. The Bertz CT molecular complexity index is 765. The van der Waals surface area contributed by atoms with Gasteiger partial charge >= 0.3 is 0 Å². The van der Waals surface area contributed by atoms with Crippen LogP contribution in [0, 0.1) is 5.92 Å². The molecule has 1 saturated heterocycles. The number of ether oxygens (including phenoxy) is 1. The Balaban J connectivity index is 1.46. The summed E-state index contributed by atoms with van der Waals surface area (Å²) >= 11 is 1.69. The lowest BCUT2D eigenvalue weighted by Gasteiger charge is -2.45. The van der Waals surface area contributed by atoms with E-state index in [9.17, 15) is 4.79 Å². The van der Waals surface area contributed by atoms with Gasteiger partial charge in [-0.1, -0.05) is 13.8 Å². The molecule has 8 heteroatoms. The molecule has 2 aromatic rings. The van der Waals surface area contributed by atoms with Gasteiger partial charge in [0.15, 0.2) is 6.10 Å². The molecular formula is C19H27N5O2S. The summed E-state index contributed by atoms with van der Waals surface area (Å²) in [6.07, 6.45) is 6.84. The second-order valence-corrected chi connectivity index (χ2v) is 8.82. The maximum Gasteiger partial charge on any atom is 0.251 e. The van der Waals surface area contributed by atoms with Gasteiger partial charge in [-0.2, -0.15) is 0 Å². The molecule has 0 aliphatic carbocycles. The highest BCUT2D eigenvalue weighted by atomic mass is 32.1. The molecule has 4 rings (SSSR count). The van der Waals surface area contributed by atoms with Crippen molar-refractivity contribution in [1.82, 2.24) is 24.8 Å². The van der Waals surface area contributed by atoms with Crippen molar-refractivity contribution in [3.8, 4) is 0 Å². The minimum absolute atomic E-state index is 0.0207. The number of imidazole rings is 1. The molecular weight excluding hydrogens is 362 g/mol. The Morgan fingerprint density at radius 2 is 2.19 bits per heavy atom. The van der Waals surface area contributed by atoms with Crippen LogP contribution in [0.2, 0.25) is 0 Å². The van der Waals surface area contributed by atoms with E-state index in [-0.39, 0.29) is 5.91 Å². The number of hydrogen-bond acceptors (Lipinski definition) is 6. The smallest absolute Gasteiger partial charge is 0.251 e. The molecule has 0 radical (unpaired) electrons. The molecule has 0 bridgehead atoms. The molecule has 1 atom stereocenters. The van der Waals surface area contributed by atoms with E-state index < -0.39 is 11.7 Å². The van der Waals surface area contributed by atoms with Crippen molar-refractivity contribution in [1.29, 1.82) is 0 Å². The number of nitrogens with one attached hydrogen (secondary N) is 1. The first-order valence-electron chi connectivity index (χ1n) is 9.63. The van der Waals surface area contributed by atoms with Gasteiger partial charge in [-0.25, -0.2) is 9.97 Å². The van der Waals surface area contributed by atoms with E-state index >= 15 is 0 Å². The van der Waals surface area contributed by atoms with Crippen LogP contribution < -0.4 is 5.32 Å². The third-order valence-electron chi connectivity index (χ3n) is 5.34. The molecule has 2 aliphatic heterocycles.